The number of unbranched alkanes of at least 4 members (excludes halogenated alkanes) is 10. The number of halogens is 2. The van der Waals surface area contributed by atoms with Crippen molar-refractivity contribution < 1.29 is 0 Å². The lowest BCUT2D eigenvalue weighted by molar-refractivity contribution is 0.772. The van der Waals surface area contributed by atoms with E-state index in [4.69, 9.17) is 23.2 Å². The van der Waals surface area contributed by atoms with Crippen molar-refractivity contribution in [3.63, 3.8) is 0 Å². The maximum absolute atomic E-state index is 4.76. The minimum atomic E-state index is 0.194. The molecule has 0 nitrogen and oxygen atoms in total. The van der Waals surface area contributed by atoms with Gasteiger partial charge in [0.15, 0.2) is 0 Å². The van der Waals surface area contributed by atoms with Gasteiger partial charge in [0.1, 0.15) is 0 Å². The van der Waals surface area contributed by atoms with Gasteiger partial charge in [0.2, 0.25) is 0 Å². The summed E-state index contributed by atoms with van der Waals surface area (Å²) in [6.45, 7) is 22.1. The van der Waals surface area contributed by atoms with Gasteiger partial charge in [0.05, 0.1) is 5.34 Å². The largest absolute Gasteiger partial charge is 0.109 e. The molecule has 0 rings (SSSR count). The van der Waals surface area contributed by atoms with Crippen LogP contribution in [0.1, 0.15) is 166 Å². The molecule has 0 atom stereocenters. The highest BCUT2D eigenvalue weighted by molar-refractivity contribution is 6.40. The molecule has 0 heterocycles. The van der Waals surface area contributed by atoms with Crippen LogP contribution in [0.3, 0.4) is 0 Å². The summed E-state index contributed by atoms with van der Waals surface area (Å²) >= 11 is 9.53. The van der Waals surface area contributed by atoms with E-state index in [0.29, 0.717) is 0 Å². The minimum absolute atomic E-state index is 0.194. The van der Waals surface area contributed by atoms with Crippen LogP contribution in [-0.4, -0.2) is 5.34 Å². The van der Waals surface area contributed by atoms with Crippen molar-refractivity contribution in [2.24, 2.45) is 0 Å². The van der Waals surface area contributed by atoms with Crippen LogP contribution in [0.25, 0.3) is 0 Å². The second-order valence-electron chi connectivity index (χ2n) is 6.87. The third kappa shape index (κ3) is 155. The first kappa shape index (κ1) is 42.6. The summed E-state index contributed by atoms with van der Waals surface area (Å²) in [7, 11) is 0. The fourth-order valence-electron chi connectivity index (χ4n) is 1.77. The van der Waals surface area contributed by atoms with Crippen LogP contribution >= 0.6 is 23.2 Å². The first-order valence-electron chi connectivity index (χ1n) is 12.6. The molecule has 0 aromatic carbocycles. The standard InChI is InChI=1S/5C5H12.CH2Cl2/c5*1-3-5-4-2;2-1-3/h5*3-5H2,1-2H3;1H2. The van der Waals surface area contributed by atoms with Crippen molar-refractivity contribution in [1.29, 1.82) is 0 Å². The Kier molecular flexibility index (Phi) is 108. The van der Waals surface area contributed by atoms with Crippen molar-refractivity contribution in [2.75, 3.05) is 5.34 Å². The fourth-order valence-corrected chi connectivity index (χ4v) is 1.77. The van der Waals surface area contributed by atoms with Gasteiger partial charge in [0, 0.05) is 0 Å². The SMILES string of the molecule is CCCCC.CCCCC.CCCCC.CCCCC.CCCCC.ClCCl. The van der Waals surface area contributed by atoms with Gasteiger partial charge < -0.3 is 0 Å². The minimum Gasteiger partial charge on any atom is -0.109 e. The summed E-state index contributed by atoms with van der Waals surface area (Å²) in [4.78, 5) is 0. The lowest BCUT2D eigenvalue weighted by atomic mass is 10.3. The predicted octanol–water partition coefficient (Wildman–Crippen LogP) is 12.4. The maximum Gasteiger partial charge on any atom is 0.0967 e. The van der Waals surface area contributed by atoms with Crippen molar-refractivity contribution in [3.8, 4) is 0 Å². The van der Waals surface area contributed by atoms with Crippen molar-refractivity contribution in [2.45, 2.75) is 166 Å². The fraction of sp³-hybridized carbons (Fsp3) is 1.00. The van der Waals surface area contributed by atoms with E-state index in [1.807, 2.05) is 0 Å². The summed E-state index contributed by atoms with van der Waals surface area (Å²) < 4.78 is 0. The van der Waals surface area contributed by atoms with Gasteiger partial charge >= 0.3 is 0 Å². The molecular weight excluding hydrogens is 383 g/mol. The highest BCUT2D eigenvalue weighted by Crippen LogP contribution is 1.90. The molecule has 0 saturated heterocycles. The van der Waals surface area contributed by atoms with Crippen LogP contribution in [0.2, 0.25) is 0 Å². The van der Waals surface area contributed by atoms with E-state index in [0.717, 1.165) is 0 Å². The number of rotatable bonds is 10. The third-order valence-electron chi connectivity index (χ3n) is 3.54. The van der Waals surface area contributed by atoms with Gasteiger partial charge in [-0.1, -0.05) is 166 Å². The molecule has 28 heavy (non-hydrogen) atoms. The first-order valence-corrected chi connectivity index (χ1v) is 13.7. The molecule has 0 spiro atoms. The summed E-state index contributed by atoms with van der Waals surface area (Å²) in [5.74, 6) is 0. The van der Waals surface area contributed by atoms with E-state index < -0.39 is 0 Å². The van der Waals surface area contributed by atoms with Crippen molar-refractivity contribution in [1.82, 2.24) is 0 Å². The zero-order valence-electron chi connectivity index (χ0n) is 22.1. The Labute approximate surface area is 193 Å². The Morgan fingerprint density at radius 3 is 0.357 bits per heavy atom. The third-order valence-corrected chi connectivity index (χ3v) is 3.54. The molecule has 0 amide bonds. The van der Waals surface area contributed by atoms with Gasteiger partial charge in [-0.05, 0) is 0 Å². The van der Waals surface area contributed by atoms with E-state index in [-0.39, 0.29) is 5.34 Å². The number of alkyl halides is 2. The number of hydrogen-bond donors (Lipinski definition) is 0. The molecule has 0 radical (unpaired) electrons. The van der Waals surface area contributed by atoms with Crippen LogP contribution in [-0.2, 0) is 0 Å². The molecule has 0 unspecified atom stereocenters. The van der Waals surface area contributed by atoms with Crippen LogP contribution in [0.5, 0.6) is 0 Å². The Bertz CT molecular complexity index is 93.6. The zero-order chi connectivity index (χ0) is 23.3. The molecule has 180 valence electrons. The number of hydrogen-bond acceptors (Lipinski definition) is 0. The second-order valence-corrected chi connectivity index (χ2v) is 7.68. The van der Waals surface area contributed by atoms with Crippen LogP contribution < -0.4 is 0 Å². The Balaban J connectivity index is -0.0000000522. The van der Waals surface area contributed by atoms with E-state index in [1.54, 1.807) is 0 Å². The lowest BCUT2D eigenvalue weighted by Crippen LogP contribution is -1.59. The predicted molar refractivity (Wildman–Crippen MR) is 143 cm³/mol. The average Bonchev–Trinajstić information content (AvgIpc) is 2.68. The second kappa shape index (κ2) is 70.9. The lowest BCUT2D eigenvalue weighted by Gasteiger charge is -1.79. The van der Waals surface area contributed by atoms with E-state index in [1.165, 1.54) is 96.3 Å². The van der Waals surface area contributed by atoms with Crippen LogP contribution in [0.15, 0.2) is 0 Å². The monoisotopic (exact) mass is 444 g/mol. The summed E-state index contributed by atoms with van der Waals surface area (Å²) in [5.41, 5.74) is 0. The summed E-state index contributed by atoms with van der Waals surface area (Å²) in [6.07, 6.45) is 20.4. The normalized spacial score (nSPS) is 8.14. The van der Waals surface area contributed by atoms with Crippen molar-refractivity contribution in [3.05, 3.63) is 0 Å². The van der Waals surface area contributed by atoms with Gasteiger partial charge in [-0.25, -0.2) is 0 Å². The highest BCUT2D eigenvalue weighted by Gasteiger charge is 1.70. The molecule has 0 aromatic heterocycles. The zero-order valence-corrected chi connectivity index (χ0v) is 23.6. The van der Waals surface area contributed by atoms with Crippen LogP contribution in [0.4, 0.5) is 0 Å². The Morgan fingerprint density at radius 2 is 0.357 bits per heavy atom. The van der Waals surface area contributed by atoms with Gasteiger partial charge in [-0.15, -0.1) is 23.2 Å². The smallest absolute Gasteiger partial charge is 0.0967 e. The topological polar surface area (TPSA) is 0 Å². The molecule has 0 saturated carbocycles. The summed E-state index contributed by atoms with van der Waals surface area (Å²) in [5, 5.41) is 0.194. The molecule has 0 aliphatic heterocycles. The van der Waals surface area contributed by atoms with Crippen LogP contribution in [0, 0.1) is 0 Å². The first-order chi connectivity index (χ1) is 13.5. The Morgan fingerprint density at radius 1 is 0.286 bits per heavy atom. The average molecular weight is 446 g/mol. The van der Waals surface area contributed by atoms with Gasteiger partial charge in [-0.2, -0.15) is 0 Å². The van der Waals surface area contributed by atoms with Crippen molar-refractivity contribution >= 4 is 23.2 Å². The molecule has 2 heteroatoms. The molecular formula is C26H62Cl2. The summed E-state index contributed by atoms with van der Waals surface area (Å²) in [6, 6.07) is 0. The molecule has 0 bridgehead atoms. The van der Waals surface area contributed by atoms with Gasteiger partial charge in [0.25, 0.3) is 0 Å². The molecule has 0 aromatic rings. The Hall–Kier alpha value is 0.580. The molecule has 0 N–H and O–H groups in total. The van der Waals surface area contributed by atoms with E-state index >= 15 is 0 Å². The van der Waals surface area contributed by atoms with E-state index in [9.17, 15) is 0 Å². The molecule has 0 fully saturated rings. The molecule has 0 aliphatic rings. The highest BCUT2D eigenvalue weighted by atomic mass is 35.5. The molecule has 0 aliphatic carbocycles. The quantitative estimate of drug-likeness (QED) is 0.293. The van der Waals surface area contributed by atoms with E-state index in [2.05, 4.69) is 69.2 Å². The van der Waals surface area contributed by atoms with Gasteiger partial charge in [-0.3, -0.25) is 0 Å². The maximum atomic E-state index is 4.76.